The minimum absolute atomic E-state index is 0.00381. The van der Waals surface area contributed by atoms with Gasteiger partial charge in [0.2, 0.25) is 0 Å². The van der Waals surface area contributed by atoms with Crippen LogP contribution in [0.25, 0.3) is 16.1 Å². The Morgan fingerprint density at radius 1 is 1.20 bits per heavy atom. The molecule has 0 spiro atoms. The number of rotatable bonds is 6. The highest BCUT2D eigenvalue weighted by Gasteiger charge is 2.18. The molecule has 3 aromatic rings. The number of halogens is 1. The zero-order valence-corrected chi connectivity index (χ0v) is 15.6. The number of carbonyl (C=O) groups excluding carboxylic acids is 1. The van der Waals surface area contributed by atoms with E-state index in [0.29, 0.717) is 18.5 Å². The van der Waals surface area contributed by atoms with Gasteiger partial charge in [0.15, 0.2) is 15.8 Å². The fourth-order valence-electron chi connectivity index (χ4n) is 2.34. The van der Waals surface area contributed by atoms with Crippen molar-refractivity contribution in [2.24, 2.45) is 0 Å². The average molecular weight is 372 g/mol. The van der Waals surface area contributed by atoms with Crippen LogP contribution in [0.15, 0.2) is 41.4 Å². The third kappa shape index (κ3) is 4.46. The van der Waals surface area contributed by atoms with E-state index in [4.69, 9.17) is 0 Å². The smallest absolute Gasteiger partial charge is 0.183 e. The lowest BCUT2D eigenvalue weighted by Gasteiger charge is -2.01. The average Bonchev–Trinajstić information content (AvgIpc) is 3.23. The maximum absolute atomic E-state index is 13.0. The Kier molecular flexibility index (Phi) is 5.50. The van der Waals surface area contributed by atoms with E-state index in [9.17, 15) is 9.18 Å². The molecular weight excluding hydrogens is 355 g/mol. The minimum Gasteiger partial charge on any atom is -0.292 e. The molecule has 0 fully saturated rings. The van der Waals surface area contributed by atoms with Gasteiger partial charge >= 0.3 is 0 Å². The number of Topliss-reactive ketones (excluding diaryl/α,β-unsaturated/α-hetero) is 1. The first-order chi connectivity index (χ1) is 12.0. The van der Waals surface area contributed by atoms with Crippen LogP contribution in [0.4, 0.5) is 4.39 Å². The van der Waals surface area contributed by atoms with Gasteiger partial charge in [-0.2, -0.15) is 0 Å². The number of ketones is 1. The van der Waals surface area contributed by atoms with Crippen LogP contribution in [0.2, 0.25) is 0 Å². The monoisotopic (exact) mass is 372 g/mol. The van der Waals surface area contributed by atoms with Gasteiger partial charge in [-0.25, -0.2) is 14.4 Å². The molecule has 0 N–H and O–H groups in total. The van der Waals surface area contributed by atoms with E-state index < -0.39 is 0 Å². The summed E-state index contributed by atoms with van der Waals surface area (Å²) in [6.07, 6.45) is 4.63. The topological polar surface area (TPSA) is 42.9 Å². The number of carbonyl (C=O) groups is 1. The van der Waals surface area contributed by atoms with E-state index in [2.05, 4.69) is 9.97 Å². The molecule has 2 heterocycles. The molecule has 0 radical (unpaired) electrons. The summed E-state index contributed by atoms with van der Waals surface area (Å²) < 4.78 is 13.0. The molecule has 0 aliphatic heterocycles. The first-order valence-corrected chi connectivity index (χ1v) is 9.56. The second kappa shape index (κ2) is 7.80. The molecule has 2 aromatic heterocycles. The van der Waals surface area contributed by atoms with Crippen molar-refractivity contribution in [3.05, 3.63) is 63.4 Å². The molecule has 0 aliphatic carbocycles. The highest BCUT2D eigenvalue weighted by molar-refractivity contribution is 7.21. The molecule has 3 rings (SSSR count). The van der Waals surface area contributed by atoms with Crippen LogP contribution in [0.5, 0.6) is 0 Å². The molecule has 6 heteroatoms. The van der Waals surface area contributed by atoms with Gasteiger partial charge in [-0.1, -0.05) is 17.7 Å². The van der Waals surface area contributed by atoms with Crippen LogP contribution < -0.4 is 0 Å². The zero-order chi connectivity index (χ0) is 17.8. The Bertz CT molecular complexity index is 892. The maximum Gasteiger partial charge on any atom is 0.183 e. The highest BCUT2D eigenvalue weighted by Crippen LogP contribution is 2.31. The first-order valence-electron chi connectivity index (χ1n) is 7.86. The van der Waals surface area contributed by atoms with E-state index in [-0.39, 0.29) is 11.6 Å². The molecule has 0 unspecified atom stereocenters. The number of thiazole rings is 2. The molecule has 128 valence electrons. The van der Waals surface area contributed by atoms with Crippen LogP contribution in [0.1, 0.15) is 41.2 Å². The van der Waals surface area contributed by atoms with Crippen molar-refractivity contribution in [1.82, 2.24) is 9.97 Å². The fourth-order valence-corrected chi connectivity index (χ4v) is 4.16. The van der Waals surface area contributed by atoms with Gasteiger partial charge in [-0.15, -0.1) is 22.7 Å². The fraction of sp³-hybridized carbons (Fsp3) is 0.211. The van der Waals surface area contributed by atoms with Gasteiger partial charge in [0.25, 0.3) is 0 Å². The Labute approximate surface area is 153 Å². The Morgan fingerprint density at radius 2 is 1.96 bits per heavy atom. The number of aromatic nitrogens is 2. The van der Waals surface area contributed by atoms with Gasteiger partial charge in [-0.05, 0) is 44.0 Å². The van der Waals surface area contributed by atoms with E-state index >= 15 is 0 Å². The van der Waals surface area contributed by atoms with Crippen molar-refractivity contribution < 1.29 is 9.18 Å². The van der Waals surface area contributed by atoms with Crippen molar-refractivity contribution in [1.29, 1.82) is 0 Å². The number of benzene rings is 1. The summed E-state index contributed by atoms with van der Waals surface area (Å²) in [6, 6.07) is 6.25. The van der Waals surface area contributed by atoms with Crippen LogP contribution in [-0.4, -0.2) is 15.8 Å². The van der Waals surface area contributed by atoms with Crippen LogP contribution in [0, 0.1) is 5.82 Å². The number of aryl methyl sites for hydroxylation is 1. The predicted octanol–water partition coefficient (Wildman–Crippen LogP) is 5.64. The zero-order valence-electron chi connectivity index (χ0n) is 14.0. The predicted molar refractivity (Wildman–Crippen MR) is 102 cm³/mol. The molecule has 3 nitrogen and oxygen atoms in total. The number of hydrogen-bond donors (Lipinski definition) is 0. The molecule has 0 amide bonds. The molecule has 0 atom stereocenters. The second-order valence-corrected chi connectivity index (χ2v) is 7.77. The number of allylic oxidation sites excluding steroid dienone is 1. The quantitative estimate of drug-likeness (QED) is 0.526. The number of hydrogen-bond acceptors (Lipinski definition) is 5. The summed E-state index contributed by atoms with van der Waals surface area (Å²) in [5.74, 6) is -0.274. The summed E-state index contributed by atoms with van der Waals surface area (Å²) in [5, 5.41) is 3.49. The lowest BCUT2D eigenvalue weighted by Crippen LogP contribution is -2.03. The number of nitrogens with zero attached hydrogens (tertiary/aromatic N) is 2. The third-order valence-corrected chi connectivity index (χ3v) is 5.42. The van der Waals surface area contributed by atoms with Crippen molar-refractivity contribution in [2.75, 3.05) is 0 Å². The Morgan fingerprint density at radius 3 is 2.60 bits per heavy atom. The highest BCUT2D eigenvalue weighted by atomic mass is 32.1. The largest absolute Gasteiger partial charge is 0.292 e. The molecule has 0 saturated carbocycles. The van der Waals surface area contributed by atoms with Crippen LogP contribution >= 0.6 is 22.7 Å². The molecule has 25 heavy (non-hydrogen) atoms. The Hall–Kier alpha value is -2.18. The van der Waals surface area contributed by atoms with Gasteiger partial charge < -0.3 is 0 Å². The Balaban J connectivity index is 1.82. The van der Waals surface area contributed by atoms with E-state index in [1.165, 1.54) is 34.8 Å². The molecule has 0 aliphatic rings. The molecule has 0 saturated heterocycles. The summed E-state index contributed by atoms with van der Waals surface area (Å²) in [7, 11) is 0. The van der Waals surface area contributed by atoms with Crippen LogP contribution in [0.3, 0.4) is 0 Å². The standard InChI is InChI=1S/C19H17FN2OS2/c1-12(2)11-16-17(22-19(25-16)18-21-9-10-24-18)15(23)8-5-13-3-6-14(20)7-4-13/h3-4,6-7,9-11H,5,8H2,1-2H3. The first kappa shape index (κ1) is 17.6. The lowest BCUT2D eigenvalue weighted by molar-refractivity contribution is 0.0978. The second-order valence-electron chi connectivity index (χ2n) is 5.84. The van der Waals surface area contributed by atoms with Crippen molar-refractivity contribution in [2.45, 2.75) is 26.7 Å². The lowest BCUT2D eigenvalue weighted by atomic mass is 10.1. The van der Waals surface area contributed by atoms with Crippen LogP contribution in [-0.2, 0) is 6.42 Å². The summed E-state index contributed by atoms with van der Waals surface area (Å²) in [4.78, 5) is 22.4. The van der Waals surface area contributed by atoms with E-state index in [0.717, 1.165) is 26.0 Å². The van der Waals surface area contributed by atoms with Crippen molar-refractivity contribution >= 4 is 34.5 Å². The van der Waals surface area contributed by atoms with Crippen molar-refractivity contribution in [3.63, 3.8) is 0 Å². The van der Waals surface area contributed by atoms with E-state index in [1.54, 1.807) is 18.3 Å². The SMILES string of the molecule is CC(C)=Cc1sc(-c2nccs2)nc1C(=O)CCc1ccc(F)cc1. The van der Waals surface area contributed by atoms with E-state index in [1.807, 2.05) is 25.3 Å². The maximum atomic E-state index is 13.0. The normalized spacial score (nSPS) is 10.7. The third-order valence-electron chi connectivity index (χ3n) is 3.51. The summed E-state index contributed by atoms with van der Waals surface area (Å²) >= 11 is 3.00. The summed E-state index contributed by atoms with van der Waals surface area (Å²) in [5.41, 5.74) is 2.55. The van der Waals surface area contributed by atoms with Gasteiger partial charge in [-0.3, -0.25) is 4.79 Å². The molecule has 0 bridgehead atoms. The molecule has 1 aromatic carbocycles. The minimum atomic E-state index is -0.270. The van der Waals surface area contributed by atoms with Gasteiger partial charge in [0, 0.05) is 18.0 Å². The van der Waals surface area contributed by atoms with Crippen molar-refractivity contribution in [3.8, 4) is 10.0 Å². The summed E-state index contributed by atoms with van der Waals surface area (Å²) in [6.45, 7) is 3.99. The van der Waals surface area contributed by atoms with Gasteiger partial charge in [0.05, 0.1) is 4.88 Å². The molecular formula is C19H17FN2OS2. The van der Waals surface area contributed by atoms with Gasteiger partial charge in [0.1, 0.15) is 11.5 Å².